The molecular formula is C14H20FN3O. The second kappa shape index (κ2) is 5.57. The number of nitrogen functional groups attached to an aromatic ring is 1. The predicted molar refractivity (Wildman–Crippen MR) is 73.4 cm³/mol. The molecule has 0 bridgehead atoms. The molecule has 1 heterocycles. The van der Waals surface area contributed by atoms with Crippen LogP contribution in [0.2, 0.25) is 0 Å². The first kappa shape index (κ1) is 13.8. The van der Waals surface area contributed by atoms with Crippen molar-refractivity contribution in [2.75, 3.05) is 32.9 Å². The smallest absolute Gasteiger partial charge is 0.256 e. The van der Waals surface area contributed by atoms with Crippen molar-refractivity contribution in [3.8, 4) is 0 Å². The first-order chi connectivity index (χ1) is 8.99. The number of nitrogens with zero attached hydrogens (tertiary/aromatic N) is 2. The summed E-state index contributed by atoms with van der Waals surface area (Å²) in [5, 5.41) is 0. The lowest BCUT2D eigenvalue weighted by Gasteiger charge is -2.35. The van der Waals surface area contributed by atoms with Gasteiger partial charge >= 0.3 is 0 Å². The van der Waals surface area contributed by atoms with Crippen molar-refractivity contribution >= 4 is 11.6 Å². The molecule has 19 heavy (non-hydrogen) atoms. The highest BCUT2D eigenvalue weighted by atomic mass is 19.1. The summed E-state index contributed by atoms with van der Waals surface area (Å²) in [7, 11) is 4.08. The minimum absolute atomic E-state index is 0.0725. The van der Waals surface area contributed by atoms with E-state index in [1.54, 1.807) is 4.90 Å². The van der Waals surface area contributed by atoms with Crippen LogP contribution in [0.25, 0.3) is 0 Å². The number of hydrogen-bond acceptors (Lipinski definition) is 3. The van der Waals surface area contributed by atoms with Gasteiger partial charge in [-0.1, -0.05) is 0 Å². The lowest BCUT2D eigenvalue weighted by atomic mass is 10.0. The van der Waals surface area contributed by atoms with Crippen molar-refractivity contribution < 1.29 is 9.18 Å². The van der Waals surface area contributed by atoms with Crippen LogP contribution in [0.3, 0.4) is 0 Å². The zero-order valence-corrected chi connectivity index (χ0v) is 11.4. The van der Waals surface area contributed by atoms with E-state index in [0.29, 0.717) is 24.8 Å². The van der Waals surface area contributed by atoms with Gasteiger partial charge in [0.1, 0.15) is 5.82 Å². The summed E-state index contributed by atoms with van der Waals surface area (Å²) in [6.07, 6.45) is 1.84. The van der Waals surface area contributed by atoms with Gasteiger partial charge in [0.15, 0.2) is 0 Å². The maximum Gasteiger partial charge on any atom is 0.256 e. The summed E-state index contributed by atoms with van der Waals surface area (Å²) in [5.41, 5.74) is 6.10. The summed E-state index contributed by atoms with van der Waals surface area (Å²) >= 11 is 0. The number of halogens is 1. The number of nitrogens with two attached hydrogens (primary N) is 1. The Morgan fingerprint density at radius 1 is 1.37 bits per heavy atom. The van der Waals surface area contributed by atoms with E-state index in [0.717, 1.165) is 12.8 Å². The third kappa shape index (κ3) is 3.04. The van der Waals surface area contributed by atoms with Gasteiger partial charge in [-0.25, -0.2) is 4.39 Å². The monoisotopic (exact) mass is 265 g/mol. The van der Waals surface area contributed by atoms with Crippen molar-refractivity contribution in [1.82, 2.24) is 9.80 Å². The largest absolute Gasteiger partial charge is 0.399 e. The van der Waals surface area contributed by atoms with Crippen LogP contribution in [0.1, 0.15) is 23.2 Å². The van der Waals surface area contributed by atoms with Gasteiger partial charge in [-0.3, -0.25) is 4.79 Å². The Balaban J connectivity index is 2.07. The maximum absolute atomic E-state index is 13.7. The molecule has 0 aromatic heterocycles. The first-order valence-electron chi connectivity index (χ1n) is 6.50. The number of carbonyl (C=O) groups is 1. The average Bonchev–Trinajstić information content (AvgIpc) is 2.41. The molecule has 104 valence electrons. The zero-order valence-electron chi connectivity index (χ0n) is 11.4. The normalized spacial score (nSPS) is 16.9. The van der Waals surface area contributed by atoms with Crippen LogP contribution in [0.5, 0.6) is 0 Å². The number of carbonyl (C=O) groups excluding carboxylic acids is 1. The van der Waals surface area contributed by atoms with E-state index in [9.17, 15) is 9.18 Å². The quantitative estimate of drug-likeness (QED) is 0.826. The molecule has 2 rings (SSSR count). The molecule has 0 atom stereocenters. The second-order valence-corrected chi connectivity index (χ2v) is 5.23. The minimum Gasteiger partial charge on any atom is -0.399 e. The van der Waals surface area contributed by atoms with Gasteiger partial charge in [0.2, 0.25) is 0 Å². The van der Waals surface area contributed by atoms with E-state index in [2.05, 4.69) is 4.90 Å². The van der Waals surface area contributed by atoms with Gasteiger partial charge in [-0.2, -0.15) is 0 Å². The molecule has 1 saturated heterocycles. The number of rotatable bonds is 2. The van der Waals surface area contributed by atoms with Crippen LogP contribution in [0.4, 0.5) is 10.1 Å². The molecule has 0 radical (unpaired) electrons. The van der Waals surface area contributed by atoms with E-state index in [1.165, 1.54) is 18.2 Å². The molecule has 1 fully saturated rings. The van der Waals surface area contributed by atoms with E-state index < -0.39 is 5.82 Å². The molecule has 0 unspecified atom stereocenters. The van der Waals surface area contributed by atoms with Crippen molar-refractivity contribution in [3.05, 3.63) is 29.6 Å². The Bertz CT molecular complexity index is 468. The Morgan fingerprint density at radius 3 is 2.58 bits per heavy atom. The number of hydrogen-bond donors (Lipinski definition) is 1. The number of benzene rings is 1. The van der Waals surface area contributed by atoms with Crippen molar-refractivity contribution in [3.63, 3.8) is 0 Å². The van der Waals surface area contributed by atoms with Crippen molar-refractivity contribution in [1.29, 1.82) is 0 Å². The summed E-state index contributed by atoms with van der Waals surface area (Å²) in [4.78, 5) is 16.1. The fourth-order valence-corrected chi connectivity index (χ4v) is 2.46. The molecule has 1 aliphatic heterocycles. The third-order valence-electron chi connectivity index (χ3n) is 3.70. The van der Waals surface area contributed by atoms with E-state index in [4.69, 9.17) is 5.73 Å². The van der Waals surface area contributed by atoms with Crippen LogP contribution in [-0.2, 0) is 0 Å². The average molecular weight is 265 g/mol. The second-order valence-electron chi connectivity index (χ2n) is 5.23. The number of piperidine rings is 1. The Morgan fingerprint density at radius 2 is 2.00 bits per heavy atom. The highest BCUT2D eigenvalue weighted by Gasteiger charge is 2.26. The zero-order chi connectivity index (χ0) is 14.0. The van der Waals surface area contributed by atoms with Gasteiger partial charge < -0.3 is 15.5 Å². The SMILES string of the molecule is CN(C)C1CCN(C(=O)c2cc(N)ccc2F)CC1. The fraction of sp³-hybridized carbons (Fsp3) is 0.500. The summed E-state index contributed by atoms with van der Waals surface area (Å²) in [6, 6.07) is 4.62. The van der Waals surface area contributed by atoms with E-state index in [-0.39, 0.29) is 11.5 Å². The molecule has 0 aliphatic carbocycles. The molecule has 0 spiro atoms. The van der Waals surface area contributed by atoms with Gasteiger partial charge in [-0.05, 0) is 45.1 Å². The van der Waals surface area contributed by atoms with Crippen LogP contribution in [0.15, 0.2) is 18.2 Å². The number of amides is 1. The van der Waals surface area contributed by atoms with Gasteiger partial charge in [-0.15, -0.1) is 0 Å². The van der Waals surface area contributed by atoms with Crippen LogP contribution < -0.4 is 5.73 Å². The highest BCUT2D eigenvalue weighted by molar-refractivity contribution is 5.95. The van der Waals surface area contributed by atoms with Crippen LogP contribution in [-0.4, -0.2) is 48.9 Å². The maximum atomic E-state index is 13.7. The predicted octanol–water partition coefficient (Wildman–Crippen LogP) is 1.57. The van der Waals surface area contributed by atoms with Gasteiger partial charge in [0, 0.05) is 24.8 Å². The molecule has 0 saturated carbocycles. The standard InChI is InChI=1S/C14H20FN3O/c1-17(2)11-5-7-18(8-6-11)14(19)12-9-10(16)3-4-13(12)15/h3-4,9,11H,5-8,16H2,1-2H3. The summed E-state index contributed by atoms with van der Waals surface area (Å²) in [5.74, 6) is -0.768. The van der Waals surface area contributed by atoms with Crippen molar-refractivity contribution in [2.45, 2.75) is 18.9 Å². The van der Waals surface area contributed by atoms with E-state index >= 15 is 0 Å². The Labute approximate surface area is 113 Å². The number of likely N-dealkylation sites (tertiary alicyclic amines) is 1. The third-order valence-corrected chi connectivity index (χ3v) is 3.70. The highest BCUT2D eigenvalue weighted by Crippen LogP contribution is 2.19. The lowest BCUT2D eigenvalue weighted by Crippen LogP contribution is -2.44. The molecule has 5 heteroatoms. The van der Waals surface area contributed by atoms with Crippen LogP contribution in [0, 0.1) is 5.82 Å². The van der Waals surface area contributed by atoms with Gasteiger partial charge in [0.25, 0.3) is 5.91 Å². The topological polar surface area (TPSA) is 49.6 Å². The lowest BCUT2D eigenvalue weighted by molar-refractivity contribution is 0.0659. The first-order valence-corrected chi connectivity index (χ1v) is 6.50. The van der Waals surface area contributed by atoms with Crippen molar-refractivity contribution in [2.24, 2.45) is 0 Å². The summed E-state index contributed by atoms with van der Waals surface area (Å²) in [6.45, 7) is 1.33. The molecular weight excluding hydrogens is 245 g/mol. The molecule has 1 aliphatic rings. The molecule has 1 aromatic carbocycles. The van der Waals surface area contributed by atoms with Crippen LogP contribution >= 0.6 is 0 Å². The van der Waals surface area contributed by atoms with E-state index in [1.807, 2.05) is 14.1 Å². The number of anilines is 1. The minimum atomic E-state index is -0.506. The molecule has 2 N–H and O–H groups in total. The molecule has 4 nitrogen and oxygen atoms in total. The molecule has 1 aromatic rings. The summed E-state index contributed by atoms with van der Waals surface area (Å²) < 4.78 is 13.7. The fourth-order valence-electron chi connectivity index (χ4n) is 2.46. The Kier molecular flexibility index (Phi) is 4.04. The Hall–Kier alpha value is -1.62. The molecule has 1 amide bonds. The van der Waals surface area contributed by atoms with Gasteiger partial charge in [0.05, 0.1) is 5.56 Å².